The van der Waals surface area contributed by atoms with Crippen LogP contribution in [0.25, 0.3) is 0 Å². The highest BCUT2D eigenvalue weighted by atomic mass is 16.3. The summed E-state index contributed by atoms with van der Waals surface area (Å²) in [6.45, 7) is 7.18. The van der Waals surface area contributed by atoms with Gasteiger partial charge in [0.15, 0.2) is 0 Å². The van der Waals surface area contributed by atoms with Gasteiger partial charge in [-0.15, -0.1) is 0 Å². The van der Waals surface area contributed by atoms with E-state index in [1.54, 1.807) is 0 Å². The summed E-state index contributed by atoms with van der Waals surface area (Å²) in [5, 5.41) is 8.90. The maximum Gasteiger partial charge on any atom is 0.0443 e. The Hall–Kier alpha value is -0.0800. The zero-order valence-corrected chi connectivity index (χ0v) is 10.4. The van der Waals surface area contributed by atoms with E-state index in [1.807, 2.05) is 0 Å². The van der Waals surface area contributed by atoms with Crippen molar-refractivity contribution >= 4 is 0 Å². The fourth-order valence-electron chi connectivity index (χ4n) is 2.85. The predicted molar refractivity (Wildman–Crippen MR) is 65.0 cm³/mol. The quantitative estimate of drug-likeness (QED) is 0.710. The molecule has 0 amide bonds. The van der Waals surface area contributed by atoms with E-state index in [2.05, 4.69) is 18.7 Å². The fourth-order valence-corrected chi connectivity index (χ4v) is 2.85. The van der Waals surface area contributed by atoms with Gasteiger partial charge in [-0.05, 0) is 31.7 Å². The van der Waals surface area contributed by atoms with Gasteiger partial charge in [0.2, 0.25) is 0 Å². The zero-order chi connectivity index (χ0) is 11.1. The van der Waals surface area contributed by atoms with E-state index in [4.69, 9.17) is 5.11 Å². The van der Waals surface area contributed by atoms with Crippen LogP contribution in [0, 0.1) is 5.92 Å². The Bertz CT molecular complexity index is 161. The van der Waals surface area contributed by atoms with Gasteiger partial charge in [-0.3, -0.25) is 0 Å². The summed E-state index contributed by atoms with van der Waals surface area (Å²) in [6.07, 6.45) is 7.90. The molecule has 0 bridgehead atoms. The van der Waals surface area contributed by atoms with E-state index < -0.39 is 0 Å². The predicted octanol–water partition coefficient (Wildman–Crippen LogP) is 2.66. The lowest BCUT2D eigenvalue weighted by molar-refractivity contribution is 0.134. The largest absolute Gasteiger partial charge is 0.396 e. The fraction of sp³-hybridized carbons (Fsp3) is 1.00. The van der Waals surface area contributed by atoms with E-state index >= 15 is 0 Å². The number of aliphatic hydroxyl groups is 1. The van der Waals surface area contributed by atoms with E-state index in [9.17, 15) is 0 Å². The van der Waals surface area contributed by atoms with Gasteiger partial charge in [0.05, 0.1) is 0 Å². The smallest absolute Gasteiger partial charge is 0.0443 e. The summed E-state index contributed by atoms with van der Waals surface area (Å²) >= 11 is 0. The van der Waals surface area contributed by atoms with E-state index in [-0.39, 0.29) is 0 Å². The van der Waals surface area contributed by atoms with Crippen molar-refractivity contribution in [2.75, 3.05) is 19.7 Å². The Labute approximate surface area is 94.7 Å². The average molecular weight is 213 g/mol. The Kier molecular flexibility index (Phi) is 6.26. The molecule has 1 N–H and O–H groups in total. The van der Waals surface area contributed by atoms with E-state index in [0.29, 0.717) is 6.61 Å². The summed E-state index contributed by atoms with van der Waals surface area (Å²) in [4.78, 5) is 2.58. The molecule has 0 heterocycles. The van der Waals surface area contributed by atoms with Crippen LogP contribution in [0.15, 0.2) is 0 Å². The lowest BCUT2D eigenvalue weighted by Crippen LogP contribution is -2.40. The maximum absolute atomic E-state index is 8.90. The Morgan fingerprint density at radius 2 is 1.93 bits per heavy atom. The van der Waals surface area contributed by atoms with Crippen molar-refractivity contribution in [2.45, 2.75) is 58.4 Å². The maximum atomic E-state index is 8.90. The first-order valence-corrected chi connectivity index (χ1v) is 6.64. The van der Waals surface area contributed by atoms with Gasteiger partial charge < -0.3 is 10.0 Å². The molecule has 0 aromatic heterocycles. The molecule has 0 aromatic rings. The summed E-state index contributed by atoms with van der Waals surface area (Å²) in [6, 6.07) is 0.768. The van der Waals surface area contributed by atoms with E-state index in [0.717, 1.165) is 31.5 Å². The SMILES string of the molecule is CCN(CCCO)C1CCCCCC1C. The summed E-state index contributed by atoms with van der Waals surface area (Å²) in [7, 11) is 0. The highest BCUT2D eigenvalue weighted by Crippen LogP contribution is 2.27. The minimum absolute atomic E-state index is 0.331. The number of hydrogen-bond acceptors (Lipinski definition) is 2. The molecule has 1 fully saturated rings. The van der Waals surface area contributed by atoms with Crippen molar-refractivity contribution in [3.8, 4) is 0 Å². The molecular formula is C13H27NO. The van der Waals surface area contributed by atoms with Gasteiger partial charge in [0, 0.05) is 19.2 Å². The van der Waals surface area contributed by atoms with Crippen molar-refractivity contribution in [3.05, 3.63) is 0 Å². The van der Waals surface area contributed by atoms with Gasteiger partial charge in [0.25, 0.3) is 0 Å². The summed E-state index contributed by atoms with van der Waals surface area (Å²) in [5.41, 5.74) is 0. The Morgan fingerprint density at radius 3 is 2.60 bits per heavy atom. The van der Waals surface area contributed by atoms with Crippen LogP contribution in [-0.4, -0.2) is 35.7 Å². The van der Waals surface area contributed by atoms with Crippen LogP contribution in [0.3, 0.4) is 0 Å². The second-order valence-electron chi connectivity index (χ2n) is 4.89. The molecule has 2 unspecified atom stereocenters. The molecule has 2 heteroatoms. The number of hydrogen-bond donors (Lipinski definition) is 1. The minimum atomic E-state index is 0.331. The number of rotatable bonds is 5. The minimum Gasteiger partial charge on any atom is -0.396 e. The van der Waals surface area contributed by atoms with Crippen LogP contribution in [0.4, 0.5) is 0 Å². The normalized spacial score (nSPS) is 28.0. The second-order valence-corrected chi connectivity index (χ2v) is 4.89. The molecule has 1 aliphatic carbocycles. The van der Waals surface area contributed by atoms with Crippen molar-refractivity contribution in [1.29, 1.82) is 0 Å². The van der Waals surface area contributed by atoms with Gasteiger partial charge >= 0.3 is 0 Å². The summed E-state index contributed by atoms with van der Waals surface area (Å²) in [5.74, 6) is 0.839. The van der Waals surface area contributed by atoms with Gasteiger partial charge in [-0.1, -0.05) is 33.1 Å². The van der Waals surface area contributed by atoms with Crippen molar-refractivity contribution in [1.82, 2.24) is 4.90 Å². The number of aliphatic hydroxyl groups excluding tert-OH is 1. The van der Waals surface area contributed by atoms with E-state index in [1.165, 1.54) is 32.1 Å². The third-order valence-electron chi connectivity index (χ3n) is 3.79. The van der Waals surface area contributed by atoms with Gasteiger partial charge in [0.1, 0.15) is 0 Å². The van der Waals surface area contributed by atoms with Crippen LogP contribution >= 0.6 is 0 Å². The molecule has 15 heavy (non-hydrogen) atoms. The van der Waals surface area contributed by atoms with Crippen LogP contribution in [0.1, 0.15) is 52.4 Å². The molecule has 2 atom stereocenters. The average Bonchev–Trinajstić information content (AvgIpc) is 2.45. The second kappa shape index (κ2) is 7.24. The first-order valence-electron chi connectivity index (χ1n) is 6.64. The van der Waals surface area contributed by atoms with Crippen molar-refractivity contribution < 1.29 is 5.11 Å². The third-order valence-corrected chi connectivity index (χ3v) is 3.79. The molecule has 0 spiro atoms. The third kappa shape index (κ3) is 4.12. The highest BCUT2D eigenvalue weighted by Gasteiger charge is 2.24. The first kappa shape index (κ1) is 13.0. The van der Waals surface area contributed by atoms with Crippen LogP contribution in [0.2, 0.25) is 0 Å². The standard InChI is InChI=1S/C13H27NO/c1-3-14(10-7-11-15)13-9-6-4-5-8-12(13)2/h12-13,15H,3-11H2,1-2H3. The number of nitrogens with zero attached hydrogens (tertiary/aromatic N) is 1. The van der Waals surface area contributed by atoms with Gasteiger partial charge in [-0.25, -0.2) is 0 Å². The lowest BCUT2D eigenvalue weighted by atomic mass is 9.95. The van der Waals surface area contributed by atoms with Crippen LogP contribution in [0.5, 0.6) is 0 Å². The van der Waals surface area contributed by atoms with Crippen molar-refractivity contribution in [2.24, 2.45) is 5.92 Å². The zero-order valence-electron chi connectivity index (χ0n) is 10.4. The molecule has 0 radical (unpaired) electrons. The molecular weight excluding hydrogens is 186 g/mol. The molecule has 0 aromatic carbocycles. The van der Waals surface area contributed by atoms with Crippen LogP contribution in [-0.2, 0) is 0 Å². The molecule has 1 rings (SSSR count). The molecule has 0 saturated heterocycles. The topological polar surface area (TPSA) is 23.5 Å². The molecule has 1 saturated carbocycles. The summed E-state index contributed by atoms with van der Waals surface area (Å²) < 4.78 is 0. The molecule has 2 nitrogen and oxygen atoms in total. The van der Waals surface area contributed by atoms with Crippen molar-refractivity contribution in [3.63, 3.8) is 0 Å². The monoisotopic (exact) mass is 213 g/mol. The molecule has 90 valence electrons. The lowest BCUT2D eigenvalue weighted by Gasteiger charge is -2.34. The van der Waals surface area contributed by atoms with Gasteiger partial charge in [-0.2, -0.15) is 0 Å². The molecule has 0 aliphatic heterocycles. The van der Waals surface area contributed by atoms with Crippen LogP contribution < -0.4 is 0 Å². The Balaban J connectivity index is 2.47. The highest BCUT2D eigenvalue weighted by molar-refractivity contribution is 4.79. The Morgan fingerprint density at radius 1 is 1.20 bits per heavy atom. The first-order chi connectivity index (χ1) is 7.29. The molecule has 1 aliphatic rings.